The SMILES string of the molecule is CCNC(=NCc1cccnc1N1CCOCC1)NCCN(CC)c1cccc(C)c1.I. The van der Waals surface area contributed by atoms with E-state index in [-0.39, 0.29) is 24.0 Å². The van der Waals surface area contributed by atoms with E-state index in [0.29, 0.717) is 6.54 Å². The van der Waals surface area contributed by atoms with Crippen molar-refractivity contribution in [1.82, 2.24) is 15.6 Å². The second-order valence-electron chi connectivity index (χ2n) is 7.63. The molecule has 1 aromatic heterocycles. The molecule has 7 nitrogen and oxygen atoms in total. The summed E-state index contributed by atoms with van der Waals surface area (Å²) in [6.45, 7) is 13.8. The molecule has 2 heterocycles. The standard InChI is InChI=1S/C24H36N6O.HI/c1-4-25-24(27-12-13-29(5-2)22-10-6-8-20(3)18-22)28-19-21-9-7-11-26-23(21)30-14-16-31-17-15-30;/h6-11,18H,4-5,12-17,19H2,1-3H3,(H2,25,27,28);1H. The second kappa shape index (κ2) is 14.2. The van der Waals surface area contributed by atoms with Gasteiger partial charge in [-0.1, -0.05) is 18.2 Å². The maximum atomic E-state index is 5.48. The third-order valence-corrected chi connectivity index (χ3v) is 5.35. The van der Waals surface area contributed by atoms with Crippen LogP contribution in [-0.4, -0.2) is 63.4 Å². The minimum Gasteiger partial charge on any atom is -0.378 e. The molecule has 0 bridgehead atoms. The summed E-state index contributed by atoms with van der Waals surface area (Å²) in [5, 5.41) is 6.84. The molecule has 176 valence electrons. The number of nitrogens with zero attached hydrogens (tertiary/aromatic N) is 4. The van der Waals surface area contributed by atoms with Crippen molar-refractivity contribution in [3.8, 4) is 0 Å². The number of nitrogens with one attached hydrogen (secondary N) is 2. The van der Waals surface area contributed by atoms with Gasteiger partial charge in [-0.05, 0) is 44.5 Å². The molecular weight excluding hydrogens is 515 g/mol. The van der Waals surface area contributed by atoms with Gasteiger partial charge >= 0.3 is 0 Å². The summed E-state index contributed by atoms with van der Waals surface area (Å²) in [4.78, 5) is 14.1. The third kappa shape index (κ3) is 7.81. The van der Waals surface area contributed by atoms with Crippen LogP contribution in [-0.2, 0) is 11.3 Å². The van der Waals surface area contributed by atoms with Crippen molar-refractivity contribution < 1.29 is 4.74 Å². The van der Waals surface area contributed by atoms with Crippen LogP contribution >= 0.6 is 24.0 Å². The van der Waals surface area contributed by atoms with Crippen LogP contribution in [0.4, 0.5) is 11.5 Å². The van der Waals surface area contributed by atoms with Crippen LogP contribution in [0.3, 0.4) is 0 Å². The highest BCUT2D eigenvalue weighted by Gasteiger charge is 2.15. The quantitative estimate of drug-likeness (QED) is 0.283. The molecule has 3 rings (SSSR count). The van der Waals surface area contributed by atoms with E-state index in [1.807, 2.05) is 12.3 Å². The van der Waals surface area contributed by atoms with E-state index in [9.17, 15) is 0 Å². The number of morpholine rings is 1. The fraction of sp³-hybridized carbons (Fsp3) is 0.500. The van der Waals surface area contributed by atoms with Gasteiger partial charge in [-0.2, -0.15) is 0 Å². The van der Waals surface area contributed by atoms with E-state index in [1.54, 1.807) is 0 Å². The van der Waals surface area contributed by atoms with E-state index in [1.165, 1.54) is 11.3 Å². The summed E-state index contributed by atoms with van der Waals surface area (Å²) >= 11 is 0. The van der Waals surface area contributed by atoms with E-state index < -0.39 is 0 Å². The summed E-state index contributed by atoms with van der Waals surface area (Å²) in [7, 11) is 0. The van der Waals surface area contributed by atoms with Crippen molar-refractivity contribution in [1.29, 1.82) is 0 Å². The predicted molar refractivity (Wildman–Crippen MR) is 145 cm³/mol. The Kier molecular flexibility index (Phi) is 11.6. The van der Waals surface area contributed by atoms with Gasteiger partial charge in [0.25, 0.3) is 0 Å². The fourth-order valence-corrected chi connectivity index (χ4v) is 3.72. The minimum atomic E-state index is 0. The average Bonchev–Trinajstić information content (AvgIpc) is 2.81. The van der Waals surface area contributed by atoms with Gasteiger partial charge in [-0.15, -0.1) is 24.0 Å². The maximum Gasteiger partial charge on any atom is 0.191 e. The molecule has 1 aliphatic rings. The summed E-state index contributed by atoms with van der Waals surface area (Å²) in [5.74, 6) is 1.85. The van der Waals surface area contributed by atoms with Crippen molar-refractivity contribution in [3.05, 3.63) is 53.7 Å². The molecule has 1 saturated heterocycles. The van der Waals surface area contributed by atoms with Crippen molar-refractivity contribution in [3.63, 3.8) is 0 Å². The fourth-order valence-electron chi connectivity index (χ4n) is 3.72. The zero-order valence-electron chi connectivity index (χ0n) is 19.5. The molecule has 1 aromatic carbocycles. The number of rotatable bonds is 9. The lowest BCUT2D eigenvalue weighted by Crippen LogP contribution is -2.41. The topological polar surface area (TPSA) is 65.0 Å². The van der Waals surface area contributed by atoms with Crippen molar-refractivity contribution in [2.75, 3.05) is 62.3 Å². The number of benzene rings is 1. The molecule has 0 unspecified atom stereocenters. The second-order valence-corrected chi connectivity index (χ2v) is 7.63. The van der Waals surface area contributed by atoms with Crippen LogP contribution in [0.15, 0.2) is 47.6 Å². The highest BCUT2D eigenvalue weighted by molar-refractivity contribution is 14.0. The van der Waals surface area contributed by atoms with Gasteiger partial charge in [0.2, 0.25) is 0 Å². The van der Waals surface area contributed by atoms with Crippen molar-refractivity contribution in [2.45, 2.75) is 27.3 Å². The number of halogens is 1. The van der Waals surface area contributed by atoms with Gasteiger partial charge in [-0.25, -0.2) is 9.98 Å². The molecule has 0 saturated carbocycles. The number of aromatic nitrogens is 1. The Morgan fingerprint density at radius 2 is 1.97 bits per heavy atom. The third-order valence-electron chi connectivity index (χ3n) is 5.35. The number of ether oxygens (including phenoxy) is 1. The first-order valence-corrected chi connectivity index (χ1v) is 11.3. The van der Waals surface area contributed by atoms with E-state index >= 15 is 0 Å². The highest BCUT2D eigenvalue weighted by Crippen LogP contribution is 2.19. The van der Waals surface area contributed by atoms with Gasteiger partial charge in [-0.3, -0.25) is 0 Å². The van der Waals surface area contributed by atoms with Crippen molar-refractivity contribution >= 4 is 41.4 Å². The van der Waals surface area contributed by atoms with Gasteiger partial charge in [0.15, 0.2) is 5.96 Å². The Morgan fingerprint density at radius 1 is 1.16 bits per heavy atom. The first kappa shape index (κ1) is 26.2. The molecule has 8 heteroatoms. The summed E-state index contributed by atoms with van der Waals surface area (Å²) in [6.07, 6.45) is 1.85. The number of hydrogen-bond donors (Lipinski definition) is 2. The zero-order valence-corrected chi connectivity index (χ0v) is 21.8. The van der Waals surface area contributed by atoms with Gasteiger partial charge in [0.1, 0.15) is 5.82 Å². The Hall–Kier alpha value is -2.07. The number of likely N-dealkylation sites (N-methyl/N-ethyl adjacent to an activating group) is 1. The lowest BCUT2D eigenvalue weighted by Gasteiger charge is -2.29. The Balaban J connectivity index is 0.00000363. The number of guanidine groups is 1. The number of aliphatic imine (C=N–C) groups is 1. The number of pyridine rings is 1. The smallest absolute Gasteiger partial charge is 0.191 e. The molecule has 0 amide bonds. The summed E-state index contributed by atoms with van der Waals surface area (Å²) < 4.78 is 5.48. The van der Waals surface area contributed by atoms with Crippen LogP contribution in [0.1, 0.15) is 25.0 Å². The lowest BCUT2D eigenvalue weighted by molar-refractivity contribution is 0.122. The van der Waals surface area contributed by atoms with Gasteiger partial charge in [0, 0.05) is 56.7 Å². The molecule has 0 atom stereocenters. The van der Waals surface area contributed by atoms with Crippen LogP contribution in [0.2, 0.25) is 0 Å². The molecule has 0 spiro atoms. The highest BCUT2D eigenvalue weighted by atomic mass is 127. The minimum absolute atomic E-state index is 0. The number of aryl methyl sites for hydroxylation is 1. The van der Waals surface area contributed by atoms with Crippen LogP contribution < -0.4 is 20.4 Å². The van der Waals surface area contributed by atoms with Crippen LogP contribution in [0.5, 0.6) is 0 Å². The lowest BCUT2D eigenvalue weighted by atomic mass is 10.2. The van der Waals surface area contributed by atoms with E-state index in [0.717, 1.165) is 69.8 Å². The summed E-state index contributed by atoms with van der Waals surface area (Å²) in [5.41, 5.74) is 3.68. The Bertz CT molecular complexity index is 841. The zero-order chi connectivity index (χ0) is 21.9. The molecule has 0 aliphatic carbocycles. The molecular formula is C24H37IN6O. The number of hydrogen-bond acceptors (Lipinski definition) is 5. The molecule has 2 N–H and O–H groups in total. The first-order chi connectivity index (χ1) is 15.2. The first-order valence-electron chi connectivity index (χ1n) is 11.3. The summed E-state index contributed by atoms with van der Waals surface area (Å²) in [6, 6.07) is 12.8. The maximum absolute atomic E-state index is 5.48. The molecule has 2 aromatic rings. The average molecular weight is 553 g/mol. The molecule has 1 fully saturated rings. The molecule has 1 aliphatic heterocycles. The molecule has 32 heavy (non-hydrogen) atoms. The predicted octanol–water partition coefficient (Wildman–Crippen LogP) is 3.43. The largest absolute Gasteiger partial charge is 0.378 e. The van der Waals surface area contributed by atoms with E-state index in [2.05, 4.69) is 76.5 Å². The van der Waals surface area contributed by atoms with Crippen LogP contribution in [0, 0.1) is 6.92 Å². The van der Waals surface area contributed by atoms with Crippen molar-refractivity contribution in [2.24, 2.45) is 4.99 Å². The van der Waals surface area contributed by atoms with Crippen LogP contribution in [0.25, 0.3) is 0 Å². The van der Waals surface area contributed by atoms with E-state index in [4.69, 9.17) is 9.73 Å². The Morgan fingerprint density at radius 3 is 2.69 bits per heavy atom. The van der Waals surface area contributed by atoms with Gasteiger partial charge < -0.3 is 25.2 Å². The number of anilines is 2. The van der Waals surface area contributed by atoms with Gasteiger partial charge in [0.05, 0.1) is 19.8 Å². The Labute approximate surface area is 209 Å². The monoisotopic (exact) mass is 552 g/mol. The molecule has 0 radical (unpaired) electrons. The normalized spacial score (nSPS) is 14.0.